The predicted octanol–water partition coefficient (Wildman–Crippen LogP) is 4.41. The third-order valence-corrected chi connectivity index (χ3v) is 6.57. The minimum absolute atomic E-state index is 0.0159. The van der Waals surface area contributed by atoms with E-state index in [1.165, 1.54) is 22.4 Å². The Hall–Kier alpha value is -2.67. The molecule has 0 aliphatic carbocycles. The number of nitrogens with zero attached hydrogens (tertiary/aromatic N) is 3. The van der Waals surface area contributed by atoms with E-state index >= 15 is 0 Å². The highest BCUT2D eigenvalue weighted by atomic mass is 32.2. The van der Waals surface area contributed by atoms with Crippen molar-refractivity contribution in [1.82, 2.24) is 14.5 Å². The molecule has 5 nitrogen and oxygen atoms in total. The van der Waals surface area contributed by atoms with Crippen molar-refractivity contribution in [3.63, 3.8) is 0 Å². The van der Waals surface area contributed by atoms with Gasteiger partial charge < -0.3 is 4.90 Å². The largest absolute Gasteiger partial charge is 0.337 e. The minimum atomic E-state index is -0.511. The lowest BCUT2D eigenvalue weighted by atomic mass is 9.98. The van der Waals surface area contributed by atoms with Gasteiger partial charge in [-0.1, -0.05) is 36.0 Å². The van der Waals surface area contributed by atoms with E-state index in [2.05, 4.69) is 18.8 Å². The number of thioether (sulfide) groups is 1. The summed E-state index contributed by atoms with van der Waals surface area (Å²) in [5.74, 6) is -0.348. The monoisotopic (exact) mass is 425 g/mol. The maximum atomic E-state index is 14.6. The molecular weight excluding hydrogens is 401 g/mol. The summed E-state index contributed by atoms with van der Waals surface area (Å²) in [6, 6.07) is 13.5. The van der Waals surface area contributed by atoms with Crippen molar-refractivity contribution >= 4 is 28.6 Å². The summed E-state index contributed by atoms with van der Waals surface area (Å²) >= 11 is 1.18. The Morgan fingerprint density at radius 3 is 2.50 bits per heavy atom. The van der Waals surface area contributed by atoms with Gasteiger partial charge in [-0.3, -0.25) is 14.2 Å². The average molecular weight is 426 g/mol. The Bertz CT molecular complexity index is 1140. The second-order valence-electron chi connectivity index (χ2n) is 7.72. The summed E-state index contributed by atoms with van der Waals surface area (Å²) in [4.78, 5) is 32.7. The van der Waals surface area contributed by atoms with E-state index in [9.17, 15) is 14.0 Å². The SMILES string of the molecule is C[C@@H]1CCC[C@H](C)N1C(=O)CSc1nc2ccccc2c(=O)n1-c1ccccc1F. The van der Waals surface area contributed by atoms with E-state index in [1.807, 2.05) is 4.90 Å². The molecule has 1 saturated heterocycles. The van der Waals surface area contributed by atoms with Gasteiger partial charge in [0.15, 0.2) is 5.16 Å². The number of hydrogen-bond acceptors (Lipinski definition) is 4. The number of benzene rings is 2. The number of rotatable bonds is 4. The van der Waals surface area contributed by atoms with Crippen molar-refractivity contribution in [3.8, 4) is 5.69 Å². The fraction of sp³-hybridized carbons (Fsp3) is 0.348. The minimum Gasteiger partial charge on any atom is -0.337 e. The van der Waals surface area contributed by atoms with Crippen molar-refractivity contribution in [2.45, 2.75) is 50.4 Å². The highest BCUT2D eigenvalue weighted by Crippen LogP contribution is 2.26. The second-order valence-corrected chi connectivity index (χ2v) is 8.66. The van der Waals surface area contributed by atoms with Crippen LogP contribution in [-0.2, 0) is 4.79 Å². The van der Waals surface area contributed by atoms with Crippen LogP contribution in [0.5, 0.6) is 0 Å². The molecule has 2 aromatic carbocycles. The van der Waals surface area contributed by atoms with Gasteiger partial charge in [-0.25, -0.2) is 9.37 Å². The van der Waals surface area contributed by atoms with Crippen LogP contribution in [0.25, 0.3) is 16.6 Å². The van der Waals surface area contributed by atoms with Crippen LogP contribution >= 0.6 is 11.8 Å². The van der Waals surface area contributed by atoms with Gasteiger partial charge in [0.25, 0.3) is 5.56 Å². The Kier molecular flexibility index (Phi) is 5.90. The lowest BCUT2D eigenvalue weighted by molar-refractivity contribution is -0.134. The molecule has 1 aliphatic rings. The summed E-state index contributed by atoms with van der Waals surface area (Å²) in [5, 5.41) is 0.726. The van der Waals surface area contributed by atoms with Gasteiger partial charge in [0.2, 0.25) is 5.91 Å². The van der Waals surface area contributed by atoms with Gasteiger partial charge in [0.05, 0.1) is 22.3 Å². The Morgan fingerprint density at radius 1 is 1.10 bits per heavy atom. The molecule has 4 rings (SSSR count). The molecule has 1 aliphatic heterocycles. The molecule has 2 atom stereocenters. The number of carbonyl (C=O) groups is 1. The first-order chi connectivity index (χ1) is 14.5. The fourth-order valence-electron chi connectivity index (χ4n) is 4.17. The molecule has 2 heterocycles. The molecule has 0 unspecified atom stereocenters. The molecule has 1 amide bonds. The molecule has 0 bridgehead atoms. The van der Waals surface area contributed by atoms with E-state index in [4.69, 9.17) is 0 Å². The quantitative estimate of drug-likeness (QED) is 0.459. The van der Waals surface area contributed by atoms with Gasteiger partial charge in [-0.15, -0.1) is 0 Å². The molecule has 30 heavy (non-hydrogen) atoms. The molecule has 1 aromatic heterocycles. The third kappa shape index (κ3) is 3.86. The van der Waals surface area contributed by atoms with Gasteiger partial charge in [0.1, 0.15) is 5.82 Å². The third-order valence-electron chi connectivity index (χ3n) is 5.64. The molecule has 156 valence electrons. The topological polar surface area (TPSA) is 55.2 Å². The molecule has 0 saturated carbocycles. The van der Waals surface area contributed by atoms with Crippen LogP contribution in [0.15, 0.2) is 58.5 Å². The lowest BCUT2D eigenvalue weighted by Gasteiger charge is -2.39. The molecule has 0 radical (unpaired) electrons. The average Bonchev–Trinajstić information content (AvgIpc) is 2.73. The first-order valence-corrected chi connectivity index (χ1v) is 11.2. The zero-order chi connectivity index (χ0) is 21.3. The van der Waals surface area contributed by atoms with Crippen molar-refractivity contribution < 1.29 is 9.18 Å². The summed E-state index contributed by atoms with van der Waals surface area (Å²) in [5.41, 5.74) is 0.320. The number of piperidine rings is 1. The summed E-state index contributed by atoms with van der Waals surface area (Å²) in [6.45, 7) is 4.14. The number of para-hydroxylation sites is 2. The van der Waals surface area contributed by atoms with E-state index in [0.717, 1.165) is 19.3 Å². The fourth-order valence-corrected chi connectivity index (χ4v) is 5.04. The van der Waals surface area contributed by atoms with Crippen LogP contribution in [0.2, 0.25) is 0 Å². The number of fused-ring (bicyclic) bond motifs is 1. The van der Waals surface area contributed by atoms with Crippen molar-refractivity contribution in [2.75, 3.05) is 5.75 Å². The van der Waals surface area contributed by atoms with Crippen LogP contribution in [0.4, 0.5) is 4.39 Å². The molecule has 7 heteroatoms. The normalized spacial score (nSPS) is 19.2. The summed E-state index contributed by atoms with van der Waals surface area (Å²) < 4.78 is 15.8. The van der Waals surface area contributed by atoms with Gasteiger partial charge in [-0.2, -0.15) is 0 Å². The molecule has 3 aromatic rings. The van der Waals surface area contributed by atoms with Crippen LogP contribution in [0, 0.1) is 5.82 Å². The second kappa shape index (κ2) is 8.60. The maximum Gasteiger partial charge on any atom is 0.266 e. The highest BCUT2D eigenvalue weighted by Gasteiger charge is 2.29. The Labute approximate surface area is 178 Å². The maximum absolute atomic E-state index is 14.6. The number of likely N-dealkylation sites (tertiary alicyclic amines) is 1. The molecule has 0 spiro atoms. The lowest BCUT2D eigenvalue weighted by Crippen LogP contribution is -2.48. The first kappa shape index (κ1) is 20.6. The standard InChI is InChI=1S/C23H24FN3O2S/c1-15-8-7-9-16(2)26(15)21(28)14-30-23-25-19-12-5-3-10-17(19)22(29)27(23)20-13-6-4-11-18(20)24/h3-6,10-13,15-16H,7-9,14H2,1-2H3/t15-,16+. The number of carbonyl (C=O) groups excluding carboxylic acids is 1. The highest BCUT2D eigenvalue weighted by molar-refractivity contribution is 7.99. The summed E-state index contributed by atoms with van der Waals surface area (Å²) in [7, 11) is 0. The predicted molar refractivity (Wildman–Crippen MR) is 118 cm³/mol. The molecule has 1 fully saturated rings. The van der Waals surface area contributed by atoms with E-state index in [0.29, 0.717) is 16.1 Å². The van der Waals surface area contributed by atoms with Crippen LogP contribution < -0.4 is 5.56 Å². The number of amides is 1. The number of hydrogen-bond donors (Lipinski definition) is 0. The Morgan fingerprint density at radius 2 is 1.77 bits per heavy atom. The molecular formula is C23H24FN3O2S. The first-order valence-electron chi connectivity index (χ1n) is 10.2. The molecule has 0 N–H and O–H groups in total. The zero-order valence-electron chi connectivity index (χ0n) is 17.0. The van der Waals surface area contributed by atoms with Crippen LogP contribution in [0.1, 0.15) is 33.1 Å². The van der Waals surface area contributed by atoms with E-state index in [1.54, 1.807) is 42.5 Å². The van der Waals surface area contributed by atoms with Gasteiger partial charge in [0, 0.05) is 12.1 Å². The Balaban J connectivity index is 1.73. The van der Waals surface area contributed by atoms with Crippen LogP contribution in [-0.4, -0.2) is 38.2 Å². The van der Waals surface area contributed by atoms with Crippen molar-refractivity contribution in [3.05, 3.63) is 64.7 Å². The summed E-state index contributed by atoms with van der Waals surface area (Å²) in [6.07, 6.45) is 3.11. The van der Waals surface area contributed by atoms with Crippen LogP contribution in [0.3, 0.4) is 0 Å². The van der Waals surface area contributed by atoms with Gasteiger partial charge >= 0.3 is 0 Å². The number of aromatic nitrogens is 2. The van der Waals surface area contributed by atoms with E-state index < -0.39 is 5.82 Å². The van der Waals surface area contributed by atoms with Crippen molar-refractivity contribution in [2.24, 2.45) is 0 Å². The van der Waals surface area contributed by atoms with Gasteiger partial charge in [-0.05, 0) is 57.4 Å². The zero-order valence-corrected chi connectivity index (χ0v) is 17.9. The van der Waals surface area contributed by atoms with Crippen molar-refractivity contribution in [1.29, 1.82) is 0 Å². The number of halogens is 1. The smallest absolute Gasteiger partial charge is 0.266 e. The van der Waals surface area contributed by atoms with E-state index in [-0.39, 0.29) is 35.0 Å².